The van der Waals surface area contributed by atoms with Gasteiger partial charge >= 0.3 is 0 Å². The van der Waals surface area contributed by atoms with Crippen molar-refractivity contribution < 1.29 is 30.3 Å². The number of aliphatic hydroxyl groups excluding tert-OH is 4. The molecule has 0 bridgehead atoms. The molecule has 150 valence electrons. The van der Waals surface area contributed by atoms with Gasteiger partial charge in [-0.15, -0.1) is 0 Å². The Labute approximate surface area is 156 Å². The SMILES string of the molecule is CCCCCCCCCc1ccc(OC(O)(CO)C(O)C(O)CO)cc1. The summed E-state index contributed by atoms with van der Waals surface area (Å²) < 4.78 is 5.26. The van der Waals surface area contributed by atoms with E-state index >= 15 is 0 Å². The van der Waals surface area contributed by atoms with E-state index < -0.39 is 31.2 Å². The molecule has 0 fully saturated rings. The molecule has 0 amide bonds. The molecule has 1 aromatic carbocycles. The van der Waals surface area contributed by atoms with Gasteiger partial charge in [0.15, 0.2) is 0 Å². The van der Waals surface area contributed by atoms with Crippen LogP contribution in [0, 0.1) is 0 Å². The maximum Gasteiger partial charge on any atom is 0.260 e. The average molecular weight is 370 g/mol. The minimum Gasteiger partial charge on any atom is -0.457 e. The van der Waals surface area contributed by atoms with E-state index in [-0.39, 0.29) is 5.75 Å². The van der Waals surface area contributed by atoms with E-state index in [0.29, 0.717) is 0 Å². The van der Waals surface area contributed by atoms with Gasteiger partial charge < -0.3 is 30.3 Å². The Morgan fingerprint density at radius 1 is 0.923 bits per heavy atom. The van der Waals surface area contributed by atoms with Crippen molar-refractivity contribution in [2.45, 2.75) is 76.3 Å². The molecule has 26 heavy (non-hydrogen) atoms. The van der Waals surface area contributed by atoms with Crippen LogP contribution < -0.4 is 4.74 Å². The Hall–Kier alpha value is -1.18. The quantitative estimate of drug-likeness (QED) is 0.252. The predicted molar refractivity (Wildman–Crippen MR) is 99.9 cm³/mol. The van der Waals surface area contributed by atoms with Crippen LogP contribution in [0.1, 0.15) is 57.4 Å². The lowest BCUT2D eigenvalue weighted by Crippen LogP contribution is -2.56. The highest BCUT2D eigenvalue weighted by molar-refractivity contribution is 5.28. The number of rotatable bonds is 14. The zero-order chi connectivity index (χ0) is 19.4. The predicted octanol–water partition coefficient (Wildman–Crippen LogP) is 1.75. The van der Waals surface area contributed by atoms with Crippen LogP contribution in [-0.2, 0) is 6.42 Å². The third-order valence-corrected chi connectivity index (χ3v) is 4.53. The topological polar surface area (TPSA) is 110 Å². The summed E-state index contributed by atoms with van der Waals surface area (Å²) in [7, 11) is 0. The summed E-state index contributed by atoms with van der Waals surface area (Å²) in [5.41, 5.74) is 1.15. The van der Waals surface area contributed by atoms with Crippen molar-refractivity contribution in [3.05, 3.63) is 29.8 Å². The van der Waals surface area contributed by atoms with Gasteiger partial charge in [0.05, 0.1) is 6.61 Å². The van der Waals surface area contributed by atoms with Crippen molar-refractivity contribution >= 4 is 0 Å². The average Bonchev–Trinajstić information content (AvgIpc) is 2.67. The molecule has 0 radical (unpaired) electrons. The van der Waals surface area contributed by atoms with E-state index in [1.165, 1.54) is 38.5 Å². The molecule has 0 aromatic heterocycles. The van der Waals surface area contributed by atoms with Gasteiger partial charge in [0.25, 0.3) is 5.79 Å². The molecule has 0 aliphatic rings. The normalized spacial score (nSPS) is 16.1. The zero-order valence-electron chi connectivity index (χ0n) is 15.7. The summed E-state index contributed by atoms with van der Waals surface area (Å²) in [6.07, 6.45) is 6.26. The Morgan fingerprint density at radius 3 is 2.04 bits per heavy atom. The molecule has 0 spiro atoms. The van der Waals surface area contributed by atoms with E-state index in [2.05, 4.69) is 6.92 Å². The molecule has 0 aliphatic carbocycles. The smallest absolute Gasteiger partial charge is 0.260 e. The number of aliphatic hydroxyl groups is 5. The maximum absolute atomic E-state index is 10.2. The van der Waals surface area contributed by atoms with E-state index in [1.54, 1.807) is 12.1 Å². The Balaban J connectivity index is 2.46. The molecule has 0 saturated carbocycles. The summed E-state index contributed by atoms with van der Waals surface area (Å²) in [5, 5.41) is 47.6. The molecule has 0 heterocycles. The molecule has 0 saturated heterocycles. The molecule has 0 aliphatic heterocycles. The van der Waals surface area contributed by atoms with Gasteiger partial charge in [-0.1, -0.05) is 57.6 Å². The summed E-state index contributed by atoms with van der Waals surface area (Å²) in [4.78, 5) is 0. The van der Waals surface area contributed by atoms with Crippen LogP contribution in [-0.4, -0.2) is 56.7 Å². The number of hydrogen-bond acceptors (Lipinski definition) is 6. The third-order valence-electron chi connectivity index (χ3n) is 4.53. The molecule has 5 N–H and O–H groups in total. The standard InChI is InChI=1S/C20H34O6/c1-2-3-4-5-6-7-8-9-16-10-12-17(13-11-16)26-20(25,15-22)19(24)18(23)14-21/h10-13,18-19,21-25H,2-9,14-15H2,1H3. The first-order chi connectivity index (χ1) is 12.5. The summed E-state index contributed by atoms with van der Waals surface area (Å²) in [6.45, 7) is 0.527. The summed E-state index contributed by atoms with van der Waals surface area (Å²) in [5.74, 6) is -2.13. The van der Waals surface area contributed by atoms with Crippen LogP contribution in [0.5, 0.6) is 5.75 Å². The Kier molecular flexibility index (Phi) is 10.8. The van der Waals surface area contributed by atoms with Gasteiger partial charge in [0.1, 0.15) is 24.6 Å². The summed E-state index contributed by atoms with van der Waals surface area (Å²) >= 11 is 0. The molecule has 6 heteroatoms. The Morgan fingerprint density at radius 2 is 1.50 bits per heavy atom. The number of benzene rings is 1. The van der Waals surface area contributed by atoms with E-state index in [4.69, 9.17) is 9.84 Å². The molecule has 3 unspecified atom stereocenters. The van der Waals surface area contributed by atoms with Gasteiger partial charge in [0, 0.05) is 0 Å². The van der Waals surface area contributed by atoms with Crippen LogP contribution in [0.4, 0.5) is 0 Å². The second-order valence-corrected chi connectivity index (χ2v) is 6.82. The molecule has 6 nitrogen and oxygen atoms in total. The largest absolute Gasteiger partial charge is 0.457 e. The first-order valence-corrected chi connectivity index (χ1v) is 9.55. The fraction of sp³-hybridized carbons (Fsp3) is 0.700. The van der Waals surface area contributed by atoms with E-state index in [9.17, 15) is 20.4 Å². The highest BCUT2D eigenvalue weighted by atomic mass is 16.7. The fourth-order valence-corrected chi connectivity index (χ4v) is 2.80. The van der Waals surface area contributed by atoms with Crippen molar-refractivity contribution in [2.24, 2.45) is 0 Å². The molecular weight excluding hydrogens is 336 g/mol. The van der Waals surface area contributed by atoms with Gasteiger partial charge in [-0.25, -0.2) is 0 Å². The highest BCUT2D eigenvalue weighted by Gasteiger charge is 2.42. The van der Waals surface area contributed by atoms with Gasteiger partial charge in [-0.05, 0) is 30.5 Å². The minimum absolute atomic E-state index is 0.258. The maximum atomic E-state index is 10.2. The van der Waals surface area contributed by atoms with Crippen LogP contribution in [0.25, 0.3) is 0 Å². The van der Waals surface area contributed by atoms with Crippen LogP contribution >= 0.6 is 0 Å². The van der Waals surface area contributed by atoms with Gasteiger partial charge in [0.2, 0.25) is 0 Å². The van der Waals surface area contributed by atoms with Crippen molar-refractivity contribution in [3.8, 4) is 5.75 Å². The molecular formula is C20H34O6. The highest BCUT2D eigenvalue weighted by Crippen LogP contribution is 2.22. The summed E-state index contributed by atoms with van der Waals surface area (Å²) in [6, 6.07) is 7.04. The van der Waals surface area contributed by atoms with Crippen molar-refractivity contribution in [2.75, 3.05) is 13.2 Å². The van der Waals surface area contributed by atoms with Gasteiger partial charge in [-0.3, -0.25) is 0 Å². The van der Waals surface area contributed by atoms with Gasteiger partial charge in [-0.2, -0.15) is 0 Å². The van der Waals surface area contributed by atoms with Crippen molar-refractivity contribution in [1.82, 2.24) is 0 Å². The molecule has 1 rings (SSSR count). The lowest BCUT2D eigenvalue weighted by Gasteiger charge is -2.33. The number of unbranched alkanes of at least 4 members (excludes halogenated alkanes) is 6. The fourth-order valence-electron chi connectivity index (χ4n) is 2.80. The van der Waals surface area contributed by atoms with Crippen LogP contribution in [0.15, 0.2) is 24.3 Å². The monoisotopic (exact) mass is 370 g/mol. The number of hydrogen-bond donors (Lipinski definition) is 5. The lowest BCUT2D eigenvalue weighted by atomic mass is 10.0. The van der Waals surface area contributed by atoms with Crippen molar-refractivity contribution in [1.29, 1.82) is 0 Å². The number of ether oxygens (including phenoxy) is 1. The molecule has 3 atom stereocenters. The number of aryl methyl sites for hydroxylation is 1. The molecule has 1 aromatic rings. The first-order valence-electron chi connectivity index (χ1n) is 9.55. The van der Waals surface area contributed by atoms with E-state index in [1.807, 2.05) is 12.1 Å². The minimum atomic E-state index is -2.39. The lowest BCUT2D eigenvalue weighted by molar-refractivity contribution is -0.249. The van der Waals surface area contributed by atoms with Crippen molar-refractivity contribution in [3.63, 3.8) is 0 Å². The Bertz CT molecular complexity index is 478. The second kappa shape index (κ2) is 12.3. The van der Waals surface area contributed by atoms with Crippen LogP contribution in [0.2, 0.25) is 0 Å². The third kappa shape index (κ3) is 7.60. The van der Waals surface area contributed by atoms with E-state index in [0.717, 1.165) is 18.4 Å². The zero-order valence-corrected chi connectivity index (χ0v) is 15.7. The second-order valence-electron chi connectivity index (χ2n) is 6.82. The first kappa shape index (κ1) is 22.9. The van der Waals surface area contributed by atoms with Crippen LogP contribution in [0.3, 0.4) is 0 Å².